The molecule has 0 saturated heterocycles. The van der Waals surface area contributed by atoms with Crippen LogP contribution in [0.3, 0.4) is 0 Å². The fourth-order valence-corrected chi connectivity index (χ4v) is 4.79. The Morgan fingerprint density at radius 3 is 2.65 bits per heavy atom. The van der Waals surface area contributed by atoms with Crippen LogP contribution in [0.2, 0.25) is 10.0 Å². The first-order valence-corrected chi connectivity index (χ1v) is 12.5. The maximum absolute atomic E-state index is 13.0. The summed E-state index contributed by atoms with van der Waals surface area (Å²) in [6, 6.07) is 9.07. The van der Waals surface area contributed by atoms with E-state index in [0.29, 0.717) is 17.7 Å². The Morgan fingerprint density at radius 1 is 1.24 bits per heavy atom. The lowest BCUT2D eigenvalue weighted by Gasteiger charge is -2.23. The van der Waals surface area contributed by atoms with Crippen LogP contribution in [-0.4, -0.2) is 42.7 Å². The van der Waals surface area contributed by atoms with Crippen molar-refractivity contribution in [2.75, 3.05) is 18.5 Å². The summed E-state index contributed by atoms with van der Waals surface area (Å²) in [6.07, 6.45) is 3.26. The number of aryl methyl sites for hydroxylation is 1. The van der Waals surface area contributed by atoms with E-state index in [-0.39, 0.29) is 21.5 Å². The zero-order valence-electron chi connectivity index (χ0n) is 18.7. The number of carbonyl (C=O) groups excluding carboxylic acids is 1. The van der Waals surface area contributed by atoms with Crippen LogP contribution < -0.4 is 15.2 Å². The van der Waals surface area contributed by atoms with Crippen LogP contribution in [0, 0.1) is 6.92 Å². The number of rotatable bonds is 8. The summed E-state index contributed by atoms with van der Waals surface area (Å²) in [7, 11) is -2.36. The Kier molecular flexibility index (Phi) is 8.09. The minimum atomic E-state index is -3.85. The molecule has 0 saturated carbocycles. The zero-order chi connectivity index (χ0) is 25.0. The molecular formula is C22H23Cl2N5O4S. The number of pyridine rings is 1. The van der Waals surface area contributed by atoms with Gasteiger partial charge in [-0.25, -0.2) is 17.8 Å². The van der Waals surface area contributed by atoms with Crippen LogP contribution in [0.15, 0.2) is 58.5 Å². The molecule has 0 bridgehead atoms. The molecule has 1 aromatic carbocycles. The number of anilines is 1. The number of likely N-dealkylation sites (N-methyl/N-ethyl adjacent to an activating group) is 1. The molecule has 0 aliphatic carbocycles. The third-order valence-corrected chi connectivity index (χ3v) is 7.56. The van der Waals surface area contributed by atoms with Gasteiger partial charge in [-0.15, -0.1) is 0 Å². The monoisotopic (exact) mass is 523 g/mol. The molecular weight excluding hydrogens is 501 g/mol. The molecule has 1 amide bonds. The molecule has 0 aliphatic rings. The van der Waals surface area contributed by atoms with E-state index in [2.05, 4.69) is 14.8 Å². The van der Waals surface area contributed by atoms with Crippen molar-refractivity contribution >= 4 is 44.8 Å². The van der Waals surface area contributed by atoms with Gasteiger partial charge in [-0.1, -0.05) is 35.3 Å². The number of halogens is 2. The first kappa shape index (κ1) is 25.8. The molecule has 180 valence electrons. The number of nitrogens with one attached hydrogen (secondary N) is 1. The van der Waals surface area contributed by atoms with Crippen LogP contribution in [0.25, 0.3) is 0 Å². The molecule has 9 nitrogen and oxygen atoms in total. The van der Waals surface area contributed by atoms with Gasteiger partial charge in [0.25, 0.3) is 11.5 Å². The van der Waals surface area contributed by atoms with Crippen LogP contribution in [0.5, 0.6) is 0 Å². The molecule has 3 aromatic rings. The molecule has 0 aliphatic heterocycles. The second-order valence-electron chi connectivity index (χ2n) is 7.55. The minimum Gasteiger partial charge on any atom is -0.314 e. The van der Waals surface area contributed by atoms with Gasteiger partial charge in [0.2, 0.25) is 10.0 Å². The Morgan fingerprint density at radius 2 is 1.97 bits per heavy atom. The molecule has 0 fully saturated rings. The Balaban J connectivity index is 1.81. The second-order valence-corrected chi connectivity index (χ2v) is 10.1. The van der Waals surface area contributed by atoms with Gasteiger partial charge >= 0.3 is 0 Å². The lowest BCUT2D eigenvalue weighted by molar-refractivity contribution is -0.121. The number of amides is 1. The second kappa shape index (κ2) is 10.6. The highest BCUT2D eigenvalue weighted by Gasteiger charge is 2.25. The van der Waals surface area contributed by atoms with Gasteiger partial charge in [0, 0.05) is 37.6 Å². The molecule has 2 aromatic heterocycles. The summed E-state index contributed by atoms with van der Waals surface area (Å²) in [5, 5.41) is 3.64. The van der Waals surface area contributed by atoms with Gasteiger partial charge in [0.1, 0.15) is 11.1 Å². The van der Waals surface area contributed by atoms with Gasteiger partial charge < -0.3 is 4.90 Å². The van der Waals surface area contributed by atoms with Gasteiger partial charge in [-0.2, -0.15) is 5.10 Å². The summed E-state index contributed by atoms with van der Waals surface area (Å²) in [5.41, 5.74) is 0.917. The van der Waals surface area contributed by atoms with Crippen molar-refractivity contribution in [1.82, 2.24) is 19.5 Å². The van der Waals surface area contributed by atoms with Crippen molar-refractivity contribution < 1.29 is 13.2 Å². The Labute approximate surface area is 207 Å². The van der Waals surface area contributed by atoms with Crippen molar-refractivity contribution in [1.29, 1.82) is 0 Å². The molecule has 3 rings (SSSR count). The SMILES string of the molecule is Cc1ccc(N(C)C(=O)[C@@H](C)n2ncc(Cl)c(Cl)c2=O)cc1S(=O)(=O)NCCc1ccccn1. The topological polar surface area (TPSA) is 114 Å². The van der Waals surface area contributed by atoms with Crippen molar-refractivity contribution in [3.63, 3.8) is 0 Å². The van der Waals surface area contributed by atoms with Crippen molar-refractivity contribution in [3.8, 4) is 0 Å². The van der Waals surface area contributed by atoms with Gasteiger partial charge in [0.15, 0.2) is 0 Å². The summed E-state index contributed by atoms with van der Waals surface area (Å²) < 4.78 is 29.4. The van der Waals surface area contributed by atoms with Crippen molar-refractivity contribution in [3.05, 3.63) is 80.4 Å². The van der Waals surface area contributed by atoms with Crippen LogP contribution >= 0.6 is 23.2 Å². The predicted molar refractivity (Wildman–Crippen MR) is 131 cm³/mol. The number of aromatic nitrogens is 3. The molecule has 1 N–H and O–H groups in total. The van der Waals surface area contributed by atoms with E-state index in [1.54, 1.807) is 31.3 Å². The molecule has 0 spiro atoms. The average Bonchev–Trinajstić information content (AvgIpc) is 2.82. The lowest BCUT2D eigenvalue weighted by Crippen LogP contribution is -2.38. The van der Waals surface area contributed by atoms with Gasteiger partial charge in [0.05, 0.1) is 16.1 Å². The smallest absolute Gasteiger partial charge is 0.287 e. The molecule has 1 atom stereocenters. The van der Waals surface area contributed by atoms with Crippen LogP contribution in [0.1, 0.15) is 24.2 Å². The fourth-order valence-electron chi connectivity index (χ4n) is 3.24. The summed E-state index contributed by atoms with van der Waals surface area (Å²) >= 11 is 11.7. The number of benzene rings is 1. The average molecular weight is 524 g/mol. The molecule has 34 heavy (non-hydrogen) atoms. The van der Waals surface area contributed by atoms with E-state index in [4.69, 9.17) is 23.2 Å². The third kappa shape index (κ3) is 5.64. The highest BCUT2D eigenvalue weighted by Crippen LogP contribution is 2.24. The Bertz CT molecular complexity index is 1360. The minimum absolute atomic E-state index is 0.0140. The van der Waals surface area contributed by atoms with Gasteiger partial charge in [-0.05, 0) is 43.7 Å². The number of hydrogen-bond acceptors (Lipinski definition) is 6. The standard InChI is InChI=1S/C22H23Cl2N5O4S/c1-14-7-8-17(12-19(14)34(32,33)27-11-9-16-6-4-5-10-25-16)28(3)21(30)15(2)29-22(31)20(24)18(23)13-26-29/h4-8,10,12-13,15,27H,9,11H2,1-3H3/t15-/m1/s1. The highest BCUT2D eigenvalue weighted by atomic mass is 35.5. The molecule has 0 radical (unpaired) electrons. The number of sulfonamides is 1. The fraction of sp³-hybridized carbons (Fsp3) is 0.273. The summed E-state index contributed by atoms with van der Waals surface area (Å²) in [4.78, 5) is 30.9. The number of nitrogens with zero attached hydrogens (tertiary/aromatic N) is 4. The quantitative estimate of drug-likeness (QED) is 0.485. The van der Waals surface area contributed by atoms with Crippen molar-refractivity contribution in [2.45, 2.75) is 31.2 Å². The number of carbonyl (C=O) groups is 1. The maximum Gasteiger partial charge on any atom is 0.287 e. The van der Waals surface area contributed by atoms with Crippen LogP contribution in [0.4, 0.5) is 5.69 Å². The maximum atomic E-state index is 13.0. The van der Waals surface area contributed by atoms with E-state index in [0.717, 1.165) is 10.4 Å². The van der Waals surface area contributed by atoms with E-state index < -0.39 is 27.5 Å². The van der Waals surface area contributed by atoms with E-state index in [1.165, 1.54) is 31.1 Å². The van der Waals surface area contributed by atoms with E-state index in [1.807, 2.05) is 12.1 Å². The first-order valence-electron chi connectivity index (χ1n) is 10.2. The number of hydrogen-bond donors (Lipinski definition) is 1. The summed E-state index contributed by atoms with van der Waals surface area (Å²) in [6.45, 7) is 3.32. The van der Waals surface area contributed by atoms with E-state index >= 15 is 0 Å². The largest absolute Gasteiger partial charge is 0.314 e. The van der Waals surface area contributed by atoms with Crippen molar-refractivity contribution in [2.24, 2.45) is 0 Å². The first-order chi connectivity index (χ1) is 16.0. The highest BCUT2D eigenvalue weighted by molar-refractivity contribution is 7.89. The third-order valence-electron chi connectivity index (χ3n) is 5.20. The lowest BCUT2D eigenvalue weighted by atomic mass is 10.2. The predicted octanol–water partition coefficient (Wildman–Crippen LogP) is 3.00. The molecule has 2 heterocycles. The van der Waals surface area contributed by atoms with E-state index in [9.17, 15) is 18.0 Å². The normalized spacial score (nSPS) is 12.4. The Hall–Kier alpha value is -2.79. The molecule has 12 heteroatoms. The van der Waals surface area contributed by atoms with Gasteiger partial charge in [-0.3, -0.25) is 14.6 Å². The zero-order valence-corrected chi connectivity index (χ0v) is 21.0. The van der Waals surface area contributed by atoms with Crippen LogP contribution in [-0.2, 0) is 21.2 Å². The molecule has 0 unspecified atom stereocenters. The summed E-state index contributed by atoms with van der Waals surface area (Å²) in [5.74, 6) is -0.497.